The van der Waals surface area contributed by atoms with Gasteiger partial charge in [-0.25, -0.2) is 0 Å². The van der Waals surface area contributed by atoms with Crippen LogP contribution < -0.4 is 10.1 Å². The molecule has 0 saturated heterocycles. The molecule has 0 atom stereocenters. The highest BCUT2D eigenvalue weighted by molar-refractivity contribution is 6.30. The monoisotopic (exact) mass is 405 g/mol. The summed E-state index contributed by atoms with van der Waals surface area (Å²) in [6.45, 7) is 0. The summed E-state index contributed by atoms with van der Waals surface area (Å²) in [7, 11) is 1.52. The van der Waals surface area contributed by atoms with Crippen LogP contribution in [0, 0.1) is 0 Å². The van der Waals surface area contributed by atoms with Gasteiger partial charge in [-0.05, 0) is 65.7 Å². The number of methoxy groups -OCH3 is 1. The van der Waals surface area contributed by atoms with Crippen molar-refractivity contribution < 1.29 is 22.7 Å². The zero-order valence-electron chi connectivity index (χ0n) is 14.7. The third kappa shape index (κ3) is 4.46. The number of ether oxygens (including phenoxy) is 1. The number of alkyl halides is 3. The van der Waals surface area contributed by atoms with E-state index in [2.05, 4.69) is 5.32 Å². The van der Waals surface area contributed by atoms with Gasteiger partial charge in [-0.1, -0.05) is 23.7 Å². The van der Waals surface area contributed by atoms with E-state index >= 15 is 0 Å². The minimum atomic E-state index is -4.43. The molecule has 0 heterocycles. The van der Waals surface area contributed by atoms with Gasteiger partial charge in [0.15, 0.2) is 0 Å². The molecule has 1 N–H and O–H groups in total. The summed E-state index contributed by atoms with van der Waals surface area (Å²) in [4.78, 5) is 12.8. The first-order chi connectivity index (χ1) is 13.3. The van der Waals surface area contributed by atoms with E-state index < -0.39 is 17.6 Å². The molecule has 28 heavy (non-hydrogen) atoms. The highest BCUT2D eigenvalue weighted by atomic mass is 35.5. The number of amides is 1. The number of rotatable bonds is 4. The van der Waals surface area contributed by atoms with Gasteiger partial charge in [-0.3, -0.25) is 4.79 Å². The SMILES string of the molecule is COc1ccc(C(=O)Nc2ccc(C(F)(F)F)cc2)c(-c2ccc(Cl)cc2)c1. The Labute approximate surface area is 164 Å². The number of benzene rings is 3. The molecule has 0 aliphatic heterocycles. The van der Waals surface area contributed by atoms with Crippen molar-refractivity contribution in [3.8, 4) is 16.9 Å². The first-order valence-electron chi connectivity index (χ1n) is 8.20. The van der Waals surface area contributed by atoms with Crippen LogP contribution in [0.2, 0.25) is 5.02 Å². The van der Waals surface area contributed by atoms with Crippen molar-refractivity contribution in [2.45, 2.75) is 6.18 Å². The average molecular weight is 406 g/mol. The molecule has 0 unspecified atom stereocenters. The van der Waals surface area contributed by atoms with E-state index in [1.54, 1.807) is 42.5 Å². The van der Waals surface area contributed by atoms with Crippen LogP contribution in [0.15, 0.2) is 66.7 Å². The second-order valence-corrected chi connectivity index (χ2v) is 6.38. The van der Waals surface area contributed by atoms with Crippen LogP contribution in [0.5, 0.6) is 5.75 Å². The number of anilines is 1. The number of hydrogen-bond donors (Lipinski definition) is 1. The van der Waals surface area contributed by atoms with Crippen molar-refractivity contribution in [3.63, 3.8) is 0 Å². The summed E-state index contributed by atoms with van der Waals surface area (Å²) in [6.07, 6.45) is -4.43. The van der Waals surface area contributed by atoms with Gasteiger partial charge in [-0.2, -0.15) is 13.2 Å². The summed E-state index contributed by atoms with van der Waals surface area (Å²) in [6, 6.07) is 16.2. The molecular formula is C21H15ClF3NO2. The first kappa shape index (κ1) is 19.8. The first-order valence-corrected chi connectivity index (χ1v) is 8.58. The molecule has 0 aliphatic carbocycles. The number of halogens is 4. The van der Waals surface area contributed by atoms with E-state index in [1.807, 2.05) is 0 Å². The third-order valence-corrected chi connectivity index (χ3v) is 4.35. The number of carbonyl (C=O) groups excluding carboxylic acids is 1. The van der Waals surface area contributed by atoms with Crippen LogP contribution >= 0.6 is 11.6 Å². The number of carbonyl (C=O) groups is 1. The lowest BCUT2D eigenvalue weighted by Crippen LogP contribution is -2.13. The van der Waals surface area contributed by atoms with Crippen LogP contribution in [-0.2, 0) is 6.18 Å². The van der Waals surface area contributed by atoms with Crippen molar-refractivity contribution >= 4 is 23.2 Å². The molecule has 0 aromatic heterocycles. The zero-order chi connectivity index (χ0) is 20.3. The highest BCUT2D eigenvalue weighted by Gasteiger charge is 2.30. The summed E-state index contributed by atoms with van der Waals surface area (Å²) in [5, 5.41) is 3.18. The molecule has 7 heteroatoms. The van der Waals surface area contributed by atoms with E-state index in [9.17, 15) is 18.0 Å². The van der Waals surface area contributed by atoms with Gasteiger partial charge >= 0.3 is 6.18 Å². The molecule has 0 bridgehead atoms. The van der Waals surface area contributed by atoms with E-state index in [4.69, 9.17) is 16.3 Å². The Hall–Kier alpha value is -2.99. The van der Waals surface area contributed by atoms with E-state index in [-0.39, 0.29) is 5.69 Å². The second-order valence-electron chi connectivity index (χ2n) is 5.95. The molecule has 0 spiro atoms. The fourth-order valence-electron chi connectivity index (χ4n) is 2.66. The van der Waals surface area contributed by atoms with Gasteiger partial charge in [0, 0.05) is 16.3 Å². The van der Waals surface area contributed by atoms with Crippen LogP contribution in [0.3, 0.4) is 0 Å². The van der Waals surface area contributed by atoms with Crippen LogP contribution in [0.25, 0.3) is 11.1 Å². The van der Waals surface area contributed by atoms with E-state index in [0.29, 0.717) is 21.9 Å². The standard InChI is InChI=1S/C21H15ClF3NO2/c1-28-17-10-11-18(19(12-17)13-2-6-15(22)7-3-13)20(27)26-16-8-4-14(5-9-16)21(23,24)25/h2-12H,1H3,(H,26,27). The van der Waals surface area contributed by atoms with Gasteiger partial charge in [0.25, 0.3) is 5.91 Å². The minimum absolute atomic E-state index is 0.260. The maximum atomic E-state index is 12.8. The van der Waals surface area contributed by atoms with E-state index in [1.165, 1.54) is 19.2 Å². The Kier molecular flexibility index (Phi) is 5.61. The molecule has 3 aromatic carbocycles. The van der Waals surface area contributed by atoms with E-state index in [0.717, 1.165) is 17.7 Å². The maximum absolute atomic E-state index is 12.8. The summed E-state index contributed by atoms with van der Waals surface area (Å²) in [5.41, 5.74) is 1.19. The van der Waals surface area contributed by atoms with Crippen molar-refractivity contribution in [1.82, 2.24) is 0 Å². The Morgan fingerprint density at radius 3 is 2.18 bits per heavy atom. The predicted octanol–water partition coefficient (Wildman–Crippen LogP) is 6.29. The highest BCUT2D eigenvalue weighted by Crippen LogP contribution is 2.31. The van der Waals surface area contributed by atoms with Crippen LogP contribution in [0.1, 0.15) is 15.9 Å². The lowest BCUT2D eigenvalue weighted by atomic mass is 9.98. The fourth-order valence-corrected chi connectivity index (χ4v) is 2.78. The van der Waals surface area contributed by atoms with Gasteiger partial charge in [0.05, 0.1) is 12.7 Å². The topological polar surface area (TPSA) is 38.3 Å². The minimum Gasteiger partial charge on any atom is -0.497 e. The Bertz CT molecular complexity index is 984. The second kappa shape index (κ2) is 7.94. The third-order valence-electron chi connectivity index (χ3n) is 4.10. The van der Waals surface area contributed by atoms with Crippen molar-refractivity contribution in [1.29, 1.82) is 0 Å². The summed E-state index contributed by atoms with van der Waals surface area (Å²) < 4.78 is 43.3. The Balaban J connectivity index is 1.92. The molecular weight excluding hydrogens is 391 g/mol. The zero-order valence-corrected chi connectivity index (χ0v) is 15.4. The van der Waals surface area contributed by atoms with Crippen LogP contribution in [0.4, 0.5) is 18.9 Å². The fraction of sp³-hybridized carbons (Fsp3) is 0.0952. The van der Waals surface area contributed by atoms with Crippen LogP contribution in [-0.4, -0.2) is 13.0 Å². The normalized spacial score (nSPS) is 11.2. The van der Waals surface area contributed by atoms with Gasteiger partial charge in [0.1, 0.15) is 5.75 Å². The molecule has 0 fully saturated rings. The van der Waals surface area contributed by atoms with Crippen molar-refractivity contribution in [2.75, 3.05) is 12.4 Å². The molecule has 1 amide bonds. The van der Waals surface area contributed by atoms with Crippen molar-refractivity contribution in [3.05, 3.63) is 82.9 Å². The number of nitrogens with one attached hydrogen (secondary N) is 1. The smallest absolute Gasteiger partial charge is 0.416 e. The average Bonchev–Trinajstić information content (AvgIpc) is 2.68. The maximum Gasteiger partial charge on any atom is 0.416 e. The molecule has 0 radical (unpaired) electrons. The largest absolute Gasteiger partial charge is 0.497 e. The lowest BCUT2D eigenvalue weighted by molar-refractivity contribution is -0.137. The Morgan fingerprint density at radius 1 is 0.964 bits per heavy atom. The molecule has 144 valence electrons. The van der Waals surface area contributed by atoms with Gasteiger partial charge < -0.3 is 10.1 Å². The predicted molar refractivity (Wildman–Crippen MR) is 103 cm³/mol. The molecule has 3 nitrogen and oxygen atoms in total. The quantitative estimate of drug-likeness (QED) is 0.554. The molecule has 0 aliphatic rings. The van der Waals surface area contributed by atoms with Crippen molar-refractivity contribution in [2.24, 2.45) is 0 Å². The van der Waals surface area contributed by atoms with Gasteiger partial charge in [0.2, 0.25) is 0 Å². The summed E-state index contributed by atoms with van der Waals surface area (Å²) in [5.74, 6) is 0.114. The molecule has 3 rings (SSSR count). The molecule has 0 saturated carbocycles. The lowest BCUT2D eigenvalue weighted by Gasteiger charge is -2.13. The van der Waals surface area contributed by atoms with Gasteiger partial charge in [-0.15, -0.1) is 0 Å². The number of hydrogen-bond acceptors (Lipinski definition) is 2. The molecule has 3 aromatic rings. The Morgan fingerprint density at radius 2 is 1.61 bits per heavy atom. The summed E-state index contributed by atoms with van der Waals surface area (Å²) >= 11 is 5.93.